The lowest BCUT2D eigenvalue weighted by Gasteiger charge is -2.42. The van der Waals surface area contributed by atoms with Crippen LogP contribution in [-0.2, 0) is 4.79 Å². The van der Waals surface area contributed by atoms with E-state index in [2.05, 4.69) is 9.27 Å². The Bertz CT molecular complexity index is 582. The van der Waals surface area contributed by atoms with E-state index in [4.69, 9.17) is 0 Å². The first kappa shape index (κ1) is 16.4. The molecule has 1 aromatic heterocycles. The fourth-order valence-corrected chi connectivity index (χ4v) is 4.39. The zero-order valence-corrected chi connectivity index (χ0v) is 14.8. The molecule has 2 amide bonds. The minimum absolute atomic E-state index is 0.0925. The Kier molecular flexibility index (Phi) is 4.99. The van der Waals surface area contributed by atoms with Gasteiger partial charge < -0.3 is 9.80 Å². The van der Waals surface area contributed by atoms with E-state index in [-0.39, 0.29) is 17.9 Å². The van der Waals surface area contributed by atoms with Crippen LogP contribution in [0.25, 0.3) is 0 Å². The Morgan fingerprint density at radius 2 is 1.87 bits per heavy atom. The largest absolute Gasteiger partial charge is 0.338 e. The number of rotatable bonds is 3. The molecular weight excluding hydrogens is 310 g/mol. The van der Waals surface area contributed by atoms with Gasteiger partial charge in [0.05, 0.1) is 11.3 Å². The Morgan fingerprint density at radius 3 is 2.43 bits per heavy atom. The quantitative estimate of drug-likeness (QED) is 0.853. The summed E-state index contributed by atoms with van der Waals surface area (Å²) in [6, 6.07) is 0.723. The van der Waals surface area contributed by atoms with E-state index in [9.17, 15) is 9.59 Å². The zero-order chi connectivity index (χ0) is 16.4. The van der Waals surface area contributed by atoms with Gasteiger partial charge in [-0.25, -0.2) is 0 Å². The maximum absolute atomic E-state index is 12.7. The third kappa shape index (κ3) is 3.42. The number of amides is 2. The molecule has 1 atom stereocenters. The molecule has 126 valence electrons. The van der Waals surface area contributed by atoms with Gasteiger partial charge in [-0.3, -0.25) is 9.59 Å². The number of hydrogen-bond donors (Lipinski definition) is 0. The third-order valence-corrected chi connectivity index (χ3v) is 5.91. The molecule has 1 saturated heterocycles. The van der Waals surface area contributed by atoms with Crippen LogP contribution in [0.5, 0.6) is 0 Å². The van der Waals surface area contributed by atoms with Gasteiger partial charge in [-0.2, -0.15) is 4.37 Å². The standard InChI is InChI=1S/C17H25N3O2S/c1-12-16(11-23-18-12)17(22)19-9-4-7-15(8-10-19)20(13(2)21)14-5-3-6-14/h11,14-15H,3-10H2,1-2H3/t15-/m1/s1. The average Bonchev–Trinajstić information content (AvgIpc) is 2.75. The van der Waals surface area contributed by atoms with Gasteiger partial charge in [0, 0.05) is 37.5 Å². The van der Waals surface area contributed by atoms with Crippen LogP contribution in [0, 0.1) is 6.92 Å². The van der Waals surface area contributed by atoms with Crippen molar-refractivity contribution in [1.82, 2.24) is 14.2 Å². The van der Waals surface area contributed by atoms with E-state index in [0.717, 1.165) is 56.5 Å². The highest BCUT2D eigenvalue weighted by Crippen LogP contribution is 2.30. The maximum atomic E-state index is 12.7. The van der Waals surface area contributed by atoms with Gasteiger partial charge in [-0.05, 0) is 57.0 Å². The monoisotopic (exact) mass is 335 g/mol. The number of carbonyl (C=O) groups is 2. The molecule has 23 heavy (non-hydrogen) atoms. The van der Waals surface area contributed by atoms with Crippen molar-refractivity contribution in [3.8, 4) is 0 Å². The van der Waals surface area contributed by atoms with Gasteiger partial charge in [0.15, 0.2) is 0 Å². The summed E-state index contributed by atoms with van der Waals surface area (Å²) >= 11 is 1.34. The number of aromatic nitrogens is 1. The number of nitrogens with zero attached hydrogens (tertiary/aromatic N) is 3. The fourth-order valence-electron chi connectivity index (χ4n) is 3.71. The third-order valence-electron chi connectivity index (χ3n) is 5.19. The molecule has 1 saturated carbocycles. The van der Waals surface area contributed by atoms with Crippen molar-refractivity contribution in [2.45, 2.75) is 64.5 Å². The smallest absolute Gasteiger partial charge is 0.256 e. The predicted molar refractivity (Wildman–Crippen MR) is 90.6 cm³/mol. The highest BCUT2D eigenvalue weighted by atomic mass is 32.1. The molecule has 0 N–H and O–H groups in total. The summed E-state index contributed by atoms with van der Waals surface area (Å²) in [5.41, 5.74) is 1.55. The second-order valence-corrected chi connectivity index (χ2v) is 7.33. The van der Waals surface area contributed by atoms with E-state index < -0.39 is 0 Å². The van der Waals surface area contributed by atoms with Crippen molar-refractivity contribution < 1.29 is 9.59 Å². The minimum atomic E-state index is 0.0925. The summed E-state index contributed by atoms with van der Waals surface area (Å²) in [5, 5.41) is 1.84. The van der Waals surface area contributed by atoms with Crippen LogP contribution in [0.15, 0.2) is 5.38 Å². The number of likely N-dealkylation sites (tertiary alicyclic amines) is 1. The van der Waals surface area contributed by atoms with Crippen LogP contribution in [0.4, 0.5) is 0 Å². The molecule has 0 aromatic carbocycles. The lowest BCUT2D eigenvalue weighted by Crippen LogP contribution is -2.49. The molecule has 3 rings (SSSR count). The van der Waals surface area contributed by atoms with Crippen molar-refractivity contribution in [3.05, 3.63) is 16.6 Å². The summed E-state index contributed by atoms with van der Waals surface area (Å²) in [7, 11) is 0. The summed E-state index contributed by atoms with van der Waals surface area (Å²) in [6.07, 6.45) is 6.36. The van der Waals surface area contributed by atoms with E-state index in [1.165, 1.54) is 18.0 Å². The first-order chi connectivity index (χ1) is 11.1. The molecular formula is C17H25N3O2S. The molecule has 0 bridgehead atoms. The van der Waals surface area contributed by atoms with Gasteiger partial charge in [0.1, 0.15) is 0 Å². The first-order valence-corrected chi connectivity index (χ1v) is 9.40. The van der Waals surface area contributed by atoms with Crippen molar-refractivity contribution in [1.29, 1.82) is 0 Å². The summed E-state index contributed by atoms with van der Waals surface area (Å²) in [4.78, 5) is 28.8. The zero-order valence-electron chi connectivity index (χ0n) is 14.0. The number of carbonyl (C=O) groups excluding carboxylic acids is 2. The topological polar surface area (TPSA) is 53.5 Å². The first-order valence-electron chi connectivity index (χ1n) is 8.57. The normalized spacial score (nSPS) is 22.3. The summed E-state index contributed by atoms with van der Waals surface area (Å²) < 4.78 is 4.21. The Hall–Kier alpha value is -1.43. The van der Waals surface area contributed by atoms with Crippen LogP contribution in [0.2, 0.25) is 0 Å². The summed E-state index contributed by atoms with van der Waals surface area (Å²) in [5.74, 6) is 0.285. The molecule has 1 aliphatic heterocycles. The average molecular weight is 335 g/mol. The van der Waals surface area contributed by atoms with Crippen LogP contribution in [0.1, 0.15) is 61.5 Å². The fraction of sp³-hybridized carbons (Fsp3) is 0.706. The van der Waals surface area contributed by atoms with E-state index >= 15 is 0 Å². The lowest BCUT2D eigenvalue weighted by molar-refractivity contribution is -0.136. The van der Waals surface area contributed by atoms with E-state index in [1.807, 2.05) is 17.2 Å². The second kappa shape index (κ2) is 6.99. The molecule has 1 aromatic rings. The molecule has 2 fully saturated rings. The SMILES string of the molecule is CC(=O)N(C1CCC1)[C@@H]1CCCN(C(=O)c2csnc2C)CC1. The molecule has 1 aliphatic carbocycles. The Morgan fingerprint density at radius 1 is 1.17 bits per heavy atom. The van der Waals surface area contributed by atoms with Gasteiger partial charge in [0.25, 0.3) is 5.91 Å². The van der Waals surface area contributed by atoms with Gasteiger partial charge in [-0.1, -0.05) is 0 Å². The van der Waals surface area contributed by atoms with Gasteiger partial charge >= 0.3 is 0 Å². The molecule has 0 spiro atoms. The van der Waals surface area contributed by atoms with Gasteiger partial charge in [0.2, 0.25) is 5.91 Å². The van der Waals surface area contributed by atoms with Crippen LogP contribution >= 0.6 is 11.5 Å². The molecule has 0 unspecified atom stereocenters. The Labute approximate surface area is 141 Å². The van der Waals surface area contributed by atoms with Crippen molar-refractivity contribution in [2.75, 3.05) is 13.1 Å². The van der Waals surface area contributed by atoms with Crippen LogP contribution in [0.3, 0.4) is 0 Å². The van der Waals surface area contributed by atoms with Crippen molar-refractivity contribution in [2.24, 2.45) is 0 Å². The minimum Gasteiger partial charge on any atom is -0.338 e. The second-order valence-electron chi connectivity index (χ2n) is 6.70. The van der Waals surface area contributed by atoms with Crippen molar-refractivity contribution >= 4 is 23.3 Å². The maximum Gasteiger partial charge on any atom is 0.256 e. The molecule has 2 heterocycles. The molecule has 6 heteroatoms. The van der Waals surface area contributed by atoms with Crippen LogP contribution in [-0.4, -0.2) is 51.2 Å². The highest BCUT2D eigenvalue weighted by Gasteiger charge is 2.34. The molecule has 2 aliphatic rings. The van der Waals surface area contributed by atoms with E-state index in [0.29, 0.717) is 6.04 Å². The molecule has 0 radical (unpaired) electrons. The summed E-state index contributed by atoms with van der Waals surface area (Å²) in [6.45, 7) is 5.08. The van der Waals surface area contributed by atoms with Crippen LogP contribution < -0.4 is 0 Å². The van der Waals surface area contributed by atoms with Gasteiger partial charge in [-0.15, -0.1) is 0 Å². The van der Waals surface area contributed by atoms with Crippen molar-refractivity contribution in [3.63, 3.8) is 0 Å². The predicted octanol–water partition coefficient (Wildman–Crippen LogP) is 2.85. The molecule has 5 nitrogen and oxygen atoms in total. The number of hydrogen-bond acceptors (Lipinski definition) is 4. The highest BCUT2D eigenvalue weighted by molar-refractivity contribution is 7.03. The lowest BCUT2D eigenvalue weighted by atomic mass is 9.89. The Balaban J connectivity index is 1.66. The number of aryl methyl sites for hydroxylation is 1. The van der Waals surface area contributed by atoms with E-state index in [1.54, 1.807) is 6.92 Å².